The lowest BCUT2D eigenvalue weighted by molar-refractivity contribution is 0.323. The van der Waals surface area contributed by atoms with Crippen molar-refractivity contribution in [2.75, 3.05) is 6.54 Å². The highest BCUT2D eigenvalue weighted by Gasteiger charge is 2.47. The molecule has 0 aromatic heterocycles. The molecule has 98 valence electrons. The van der Waals surface area contributed by atoms with Crippen molar-refractivity contribution >= 4 is 0 Å². The summed E-state index contributed by atoms with van der Waals surface area (Å²) in [6.07, 6.45) is 7.06. The third-order valence-electron chi connectivity index (χ3n) is 4.90. The third-order valence-corrected chi connectivity index (χ3v) is 4.90. The molecule has 0 saturated heterocycles. The minimum atomic E-state index is 0.753. The van der Waals surface area contributed by atoms with Crippen LogP contribution in [0.3, 0.4) is 0 Å². The van der Waals surface area contributed by atoms with Gasteiger partial charge in [0.2, 0.25) is 0 Å². The third kappa shape index (κ3) is 2.77. The van der Waals surface area contributed by atoms with Gasteiger partial charge in [-0.3, -0.25) is 0 Å². The van der Waals surface area contributed by atoms with Gasteiger partial charge in [0, 0.05) is 6.04 Å². The first kappa shape index (κ1) is 12.2. The second-order valence-electron chi connectivity index (χ2n) is 6.18. The maximum absolute atomic E-state index is 3.74. The van der Waals surface area contributed by atoms with Crippen LogP contribution in [0.2, 0.25) is 0 Å². The van der Waals surface area contributed by atoms with Crippen molar-refractivity contribution in [1.29, 1.82) is 0 Å². The van der Waals surface area contributed by atoms with E-state index in [2.05, 4.69) is 42.6 Å². The Morgan fingerprint density at radius 1 is 1.11 bits per heavy atom. The summed E-state index contributed by atoms with van der Waals surface area (Å²) < 4.78 is 0. The zero-order chi connectivity index (χ0) is 12.4. The highest BCUT2D eigenvalue weighted by atomic mass is 14.9. The molecule has 1 aromatic carbocycles. The van der Waals surface area contributed by atoms with Gasteiger partial charge >= 0.3 is 0 Å². The molecule has 1 nitrogen and oxygen atoms in total. The summed E-state index contributed by atoms with van der Waals surface area (Å²) in [5.74, 6) is 3.16. The van der Waals surface area contributed by atoms with Gasteiger partial charge in [-0.05, 0) is 62.0 Å². The van der Waals surface area contributed by atoms with Crippen molar-refractivity contribution in [1.82, 2.24) is 5.32 Å². The van der Waals surface area contributed by atoms with E-state index in [4.69, 9.17) is 0 Å². The second-order valence-corrected chi connectivity index (χ2v) is 6.18. The standard InChI is InChI=1S/C17H25N/c1-2-18-17(16-11-14-10-15(14)12-16)9-8-13-6-4-3-5-7-13/h3-7,14-18H,2,8-12H2,1H3. The van der Waals surface area contributed by atoms with Gasteiger partial charge in [-0.25, -0.2) is 0 Å². The largest absolute Gasteiger partial charge is 0.314 e. The summed E-state index contributed by atoms with van der Waals surface area (Å²) in [6, 6.07) is 11.7. The number of fused-ring (bicyclic) bond motifs is 1. The second kappa shape index (κ2) is 5.44. The molecule has 2 fully saturated rings. The van der Waals surface area contributed by atoms with E-state index in [9.17, 15) is 0 Å². The first-order valence-electron chi connectivity index (χ1n) is 7.64. The van der Waals surface area contributed by atoms with Crippen LogP contribution >= 0.6 is 0 Å². The van der Waals surface area contributed by atoms with Gasteiger partial charge in [-0.2, -0.15) is 0 Å². The normalized spacial score (nSPS) is 31.1. The SMILES string of the molecule is CCNC(CCc1ccccc1)C1CC2CC2C1. The van der Waals surface area contributed by atoms with Crippen molar-refractivity contribution in [3.05, 3.63) is 35.9 Å². The lowest BCUT2D eigenvalue weighted by atomic mass is 9.90. The molecule has 0 bridgehead atoms. The quantitative estimate of drug-likeness (QED) is 0.804. The van der Waals surface area contributed by atoms with Gasteiger partial charge < -0.3 is 5.32 Å². The molecule has 3 atom stereocenters. The fraction of sp³-hybridized carbons (Fsp3) is 0.647. The Hall–Kier alpha value is -0.820. The summed E-state index contributed by atoms with van der Waals surface area (Å²) >= 11 is 0. The van der Waals surface area contributed by atoms with Crippen LogP contribution in [0.5, 0.6) is 0 Å². The van der Waals surface area contributed by atoms with Crippen molar-refractivity contribution in [3.8, 4) is 0 Å². The van der Waals surface area contributed by atoms with Crippen LogP contribution in [0.1, 0.15) is 38.2 Å². The number of hydrogen-bond donors (Lipinski definition) is 1. The fourth-order valence-electron chi connectivity index (χ4n) is 3.82. The van der Waals surface area contributed by atoms with Gasteiger partial charge in [0.25, 0.3) is 0 Å². The van der Waals surface area contributed by atoms with E-state index >= 15 is 0 Å². The van der Waals surface area contributed by atoms with E-state index in [-0.39, 0.29) is 0 Å². The molecule has 2 aliphatic carbocycles. The van der Waals surface area contributed by atoms with Gasteiger partial charge in [-0.15, -0.1) is 0 Å². The molecule has 0 spiro atoms. The average molecular weight is 243 g/mol. The smallest absolute Gasteiger partial charge is 0.00985 e. The van der Waals surface area contributed by atoms with Crippen LogP contribution in [-0.4, -0.2) is 12.6 Å². The Morgan fingerprint density at radius 3 is 2.50 bits per heavy atom. The lowest BCUT2D eigenvalue weighted by Gasteiger charge is -2.25. The van der Waals surface area contributed by atoms with Crippen LogP contribution in [0, 0.1) is 17.8 Å². The molecule has 0 amide bonds. The topological polar surface area (TPSA) is 12.0 Å². The Morgan fingerprint density at radius 2 is 1.83 bits per heavy atom. The predicted molar refractivity (Wildman–Crippen MR) is 76.5 cm³/mol. The molecule has 0 aliphatic heterocycles. The lowest BCUT2D eigenvalue weighted by Crippen LogP contribution is -2.36. The Labute approximate surface area is 111 Å². The zero-order valence-electron chi connectivity index (χ0n) is 11.4. The monoisotopic (exact) mass is 243 g/mol. The number of aryl methyl sites for hydroxylation is 1. The van der Waals surface area contributed by atoms with Crippen LogP contribution in [0.4, 0.5) is 0 Å². The first-order chi connectivity index (χ1) is 8.86. The number of hydrogen-bond acceptors (Lipinski definition) is 1. The molecule has 2 saturated carbocycles. The molecule has 1 heteroatoms. The molecular weight excluding hydrogens is 218 g/mol. The first-order valence-corrected chi connectivity index (χ1v) is 7.64. The molecule has 1 N–H and O–H groups in total. The molecule has 18 heavy (non-hydrogen) atoms. The van der Waals surface area contributed by atoms with Gasteiger partial charge in [0.15, 0.2) is 0 Å². The summed E-state index contributed by atoms with van der Waals surface area (Å²) in [6.45, 7) is 3.36. The number of nitrogens with one attached hydrogen (secondary N) is 1. The average Bonchev–Trinajstić information content (AvgIpc) is 3.02. The Bertz CT molecular complexity index is 362. The van der Waals surface area contributed by atoms with Crippen LogP contribution in [0.25, 0.3) is 0 Å². The van der Waals surface area contributed by atoms with Crippen LogP contribution in [0.15, 0.2) is 30.3 Å². The molecule has 0 radical (unpaired) electrons. The molecular formula is C17H25N. The van der Waals surface area contributed by atoms with E-state index < -0.39 is 0 Å². The van der Waals surface area contributed by atoms with E-state index in [1.54, 1.807) is 0 Å². The number of rotatable bonds is 6. The summed E-state index contributed by atoms with van der Waals surface area (Å²) in [4.78, 5) is 0. The molecule has 3 unspecified atom stereocenters. The van der Waals surface area contributed by atoms with Crippen LogP contribution in [-0.2, 0) is 6.42 Å². The van der Waals surface area contributed by atoms with Crippen molar-refractivity contribution in [2.45, 2.75) is 45.1 Å². The minimum absolute atomic E-state index is 0.753. The summed E-state index contributed by atoms with van der Waals surface area (Å²) in [5, 5.41) is 3.74. The van der Waals surface area contributed by atoms with Gasteiger partial charge in [0.05, 0.1) is 0 Å². The van der Waals surface area contributed by atoms with E-state index in [1.807, 2.05) is 0 Å². The van der Waals surface area contributed by atoms with Crippen molar-refractivity contribution in [3.63, 3.8) is 0 Å². The van der Waals surface area contributed by atoms with Gasteiger partial charge in [0.1, 0.15) is 0 Å². The Balaban J connectivity index is 1.53. The predicted octanol–water partition coefficient (Wildman–Crippen LogP) is 3.64. The van der Waals surface area contributed by atoms with Crippen molar-refractivity contribution < 1.29 is 0 Å². The molecule has 0 heterocycles. The zero-order valence-corrected chi connectivity index (χ0v) is 11.4. The molecule has 1 aromatic rings. The van der Waals surface area contributed by atoms with Crippen molar-refractivity contribution in [2.24, 2.45) is 17.8 Å². The summed E-state index contributed by atoms with van der Waals surface area (Å²) in [7, 11) is 0. The highest BCUT2D eigenvalue weighted by molar-refractivity contribution is 5.15. The maximum atomic E-state index is 3.74. The van der Waals surface area contributed by atoms with E-state index in [1.165, 1.54) is 37.7 Å². The highest BCUT2D eigenvalue weighted by Crippen LogP contribution is 2.55. The molecule has 2 aliphatic rings. The van der Waals surface area contributed by atoms with E-state index in [0.717, 1.165) is 30.3 Å². The molecule has 3 rings (SSSR count). The maximum Gasteiger partial charge on any atom is 0.00985 e. The Kier molecular flexibility index (Phi) is 3.69. The van der Waals surface area contributed by atoms with Crippen LogP contribution < -0.4 is 5.32 Å². The minimum Gasteiger partial charge on any atom is -0.314 e. The fourth-order valence-corrected chi connectivity index (χ4v) is 3.82. The van der Waals surface area contributed by atoms with Gasteiger partial charge in [-0.1, -0.05) is 37.3 Å². The number of benzene rings is 1. The van der Waals surface area contributed by atoms with E-state index in [0.29, 0.717) is 0 Å². The summed E-state index contributed by atoms with van der Waals surface area (Å²) in [5.41, 5.74) is 1.49.